The summed E-state index contributed by atoms with van der Waals surface area (Å²) in [6.45, 7) is 2.67. The summed E-state index contributed by atoms with van der Waals surface area (Å²) in [6, 6.07) is 22.8. The first-order valence-electron chi connectivity index (χ1n) is 8.91. The third kappa shape index (κ3) is 4.88. The van der Waals surface area contributed by atoms with Gasteiger partial charge in [-0.15, -0.1) is 0 Å². The zero-order valence-corrected chi connectivity index (χ0v) is 15.2. The van der Waals surface area contributed by atoms with E-state index in [4.69, 9.17) is 9.47 Å². The molecule has 3 aromatic carbocycles. The van der Waals surface area contributed by atoms with E-state index in [1.54, 1.807) is 0 Å². The molecule has 0 aromatic heterocycles. The number of aryl methyl sites for hydroxylation is 1. The molecule has 0 saturated carbocycles. The highest BCUT2D eigenvalue weighted by atomic mass is 16.5. The minimum absolute atomic E-state index is 0.119. The Kier molecular flexibility index (Phi) is 6.10. The molecule has 0 bridgehead atoms. The van der Waals surface area contributed by atoms with Gasteiger partial charge in [-0.3, -0.25) is 0 Å². The van der Waals surface area contributed by atoms with Gasteiger partial charge >= 0.3 is 5.97 Å². The second-order valence-corrected chi connectivity index (χ2v) is 6.17. The minimum atomic E-state index is -1.03. The number of rotatable bonds is 8. The number of hydrogen-bond acceptors (Lipinski definition) is 3. The summed E-state index contributed by atoms with van der Waals surface area (Å²) in [5.74, 6) is -0.0981. The molecule has 0 amide bonds. The van der Waals surface area contributed by atoms with Crippen LogP contribution in [0.3, 0.4) is 0 Å². The predicted molar refractivity (Wildman–Crippen MR) is 104 cm³/mol. The van der Waals surface area contributed by atoms with Crippen LogP contribution < -0.4 is 9.47 Å². The van der Waals surface area contributed by atoms with E-state index in [1.165, 1.54) is 6.07 Å². The molecule has 138 valence electrons. The molecule has 1 N–H and O–H groups in total. The van der Waals surface area contributed by atoms with Crippen LogP contribution >= 0.6 is 0 Å². The third-order valence-corrected chi connectivity index (χ3v) is 4.22. The molecule has 0 spiro atoms. The lowest BCUT2D eigenvalue weighted by Crippen LogP contribution is -2.07. The molecule has 0 aliphatic heterocycles. The number of carbonyl (C=O) groups is 1. The van der Waals surface area contributed by atoms with E-state index >= 15 is 0 Å². The van der Waals surface area contributed by atoms with Crippen molar-refractivity contribution in [1.29, 1.82) is 0 Å². The third-order valence-electron chi connectivity index (χ3n) is 4.22. The van der Waals surface area contributed by atoms with Crippen LogP contribution in [0, 0.1) is 0 Å². The molecule has 0 radical (unpaired) electrons. The van der Waals surface area contributed by atoms with E-state index < -0.39 is 5.97 Å². The molecule has 0 unspecified atom stereocenters. The largest absolute Gasteiger partial charge is 0.489 e. The van der Waals surface area contributed by atoms with Gasteiger partial charge in [0, 0.05) is 0 Å². The molecule has 0 aliphatic carbocycles. The standard InChI is InChI=1S/C23H22O4/c1-2-19-13-20(26-15-17-9-5-3-6-10-17)14-21(23(24)25)22(19)27-16-18-11-7-4-8-12-18/h3-14H,2,15-16H2,1H3,(H,24,25). The molecule has 27 heavy (non-hydrogen) atoms. The van der Waals surface area contributed by atoms with Crippen LogP contribution in [0.4, 0.5) is 0 Å². The maximum Gasteiger partial charge on any atom is 0.339 e. The van der Waals surface area contributed by atoms with Gasteiger partial charge in [0.2, 0.25) is 0 Å². The van der Waals surface area contributed by atoms with Crippen LogP contribution in [0.15, 0.2) is 72.8 Å². The Bertz CT molecular complexity index is 889. The minimum Gasteiger partial charge on any atom is -0.489 e. The van der Waals surface area contributed by atoms with Gasteiger partial charge in [0.15, 0.2) is 0 Å². The van der Waals surface area contributed by atoms with Gasteiger partial charge in [0.05, 0.1) is 0 Å². The van der Waals surface area contributed by atoms with Crippen LogP contribution in [0.5, 0.6) is 11.5 Å². The Morgan fingerprint density at radius 3 is 1.93 bits per heavy atom. The molecule has 0 aliphatic rings. The van der Waals surface area contributed by atoms with Crippen molar-refractivity contribution in [3.63, 3.8) is 0 Å². The average molecular weight is 362 g/mol. The molecule has 4 nitrogen and oxygen atoms in total. The monoisotopic (exact) mass is 362 g/mol. The number of carboxylic acids is 1. The molecule has 0 atom stereocenters. The summed E-state index contributed by atoms with van der Waals surface area (Å²) in [5, 5.41) is 9.66. The maximum absolute atomic E-state index is 11.8. The zero-order chi connectivity index (χ0) is 19.1. The van der Waals surface area contributed by atoms with Crippen LogP contribution in [-0.2, 0) is 19.6 Å². The molecule has 4 heteroatoms. The van der Waals surface area contributed by atoms with Crippen molar-refractivity contribution in [3.8, 4) is 11.5 Å². The summed E-state index contributed by atoms with van der Waals surface area (Å²) in [6.07, 6.45) is 0.646. The van der Waals surface area contributed by atoms with Gasteiger partial charge in [0.25, 0.3) is 0 Å². The summed E-state index contributed by atoms with van der Waals surface area (Å²) in [7, 11) is 0. The Hall–Kier alpha value is -3.27. The highest BCUT2D eigenvalue weighted by Crippen LogP contribution is 2.31. The maximum atomic E-state index is 11.8. The lowest BCUT2D eigenvalue weighted by atomic mass is 10.1. The van der Waals surface area contributed by atoms with Gasteiger partial charge in [-0.1, -0.05) is 67.6 Å². The van der Waals surface area contributed by atoms with E-state index in [9.17, 15) is 9.90 Å². The Balaban J connectivity index is 1.83. The smallest absolute Gasteiger partial charge is 0.339 e. The number of aromatic carboxylic acids is 1. The van der Waals surface area contributed by atoms with Gasteiger partial charge in [-0.2, -0.15) is 0 Å². The fraction of sp³-hybridized carbons (Fsp3) is 0.174. The SMILES string of the molecule is CCc1cc(OCc2ccccc2)cc(C(=O)O)c1OCc1ccccc1. The Labute approximate surface area is 159 Å². The second-order valence-electron chi connectivity index (χ2n) is 6.17. The van der Waals surface area contributed by atoms with E-state index in [-0.39, 0.29) is 5.56 Å². The topological polar surface area (TPSA) is 55.8 Å². The quantitative estimate of drug-likeness (QED) is 0.605. The van der Waals surface area contributed by atoms with Gasteiger partial charge in [-0.05, 0) is 35.2 Å². The first kappa shape index (κ1) is 18.5. The first-order chi connectivity index (χ1) is 13.2. The van der Waals surface area contributed by atoms with Crippen LogP contribution in [0.25, 0.3) is 0 Å². The number of ether oxygens (including phenoxy) is 2. The number of benzene rings is 3. The molecule has 0 fully saturated rings. The highest BCUT2D eigenvalue weighted by Gasteiger charge is 2.18. The molecular formula is C23H22O4. The average Bonchev–Trinajstić information content (AvgIpc) is 2.71. The fourth-order valence-electron chi connectivity index (χ4n) is 2.81. The second kappa shape index (κ2) is 8.90. The van der Waals surface area contributed by atoms with Crippen LogP contribution in [0.1, 0.15) is 34.0 Å². The fourth-order valence-corrected chi connectivity index (χ4v) is 2.81. The summed E-state index contributed by atoms with van der Waals surface area (Å²) in [4.78, 5) is 11.8. The molecule has 3 rings (SSSR count). The Morgan fingerprint density at radius 2 is 1.41 bits per heavy atom. The van der Waals surface area contributed by atoms with E-state index in [0.29, 0.717) is 31.1 Å². The van der Waals surface area contributed by atoms with E-state index in [0.717, 1.165) is 16.7 Å². The number of hydrogen-bond donors (Lipinski definition) is 1. The zero-order valence-electron chi connectivity index (χ0n) is 15.2. The lowest BCUT2D eigenvalue weighted by molar-refractivity contribution is 0.0691. The first-order valence-corrected chi connectivity index (χ1v) is 8.91. The van der Waals surface area contributed by atoms with Crippen molar-refractivity contribution < 1.29 is 19.4 Å². The van der Waals surface area contributed by atoms with Crippen molar-refractivity contribution in [2.24, 2.45) is 0 Å². The summed E-state index contributed by atoms with van der Waals surface area (Å²) >= 11 is 0. The van der Waals surface area contributed by atoms with Crippen LogP contribution in [-0.4, -0.2) is 11.1 Å². The van der Waals surface area contributed by atoms with Crippen LogP contribution in [0.2, 0.25) is 0 Å². The van der Waals surface area contributed by atoms with Crippen molar-refractivity contribution in [3.05, 3.63) is 95.1 Å². The van der Waals surface area contributed by atoms with Crippen molar-refractivity contribution in [2.75, 3.05) is 0 Å². The van der Waals surface area contributed by atoms with E-state index in [2.05, 4.69) is 0 Å². The van der Waals surface area contributed by atoms with Crippen molar-refractivity contribution in [1.82, 2.24) is 0 Å². The summed E-state index contributed by atoms with van der Waals surface area (Å²) < 4.78 is 11.7. The predicted octanol–water partition coefficient (Wildman–Crippen LogP) is 5.11. The normalized spacial score (nSPS) is 10.4. The van der Waals surface area contributed by atoms with Crippen molar-refractivity contribution in [2.45, 2.75) is 26.6 Å². The molecule has 0 saturated heterocycles. The highest BCUT2D eigenvalue weighted by molar-refractivity contribution is 5.92. The summed E-state index contributed by atoms with van der Waals surface area (Å²) in [5.41, 5.74) is 2.94. The lowest BCUT2D eigenvalue weighted by Gasteiger charge is -2.16. The molecule has 3 aromatic rings. The molecule has 0 heterocycles. The van der Waals surface area contributed by atoms with Gasteiger partial charge in [-0.25, -0.2) is 4.79 Å². The van der Waals surface area contributed by atoms with E-state index in [1.807, 2.05) is 73.7 Å². The Morgan fingerprint density at radius 1 is 0.852 bits per heavy atom. The van der Waals surface area contributed by atoms with Crippen molar-refractivity contribution >= 4 is 5.97 Å². The molecular weight excluding hydrogens is 340 g/mol. The number of carboxylic acid groups (broad SMARTS) is 1. The van der Waals surface area contributed by atoms with Gasteiger partial charge < -0.3 is 14.6 Å². The van der Waals surface area contributed by atoms with Gasteiger partial charge in [0.1, 0.15) is 30.3 Å².